The SMILES string of the molecule is CCC1(COCCC[SiH2]OC)COC1.COOC. The molecule has 110 valence electrons. The Kier molecular flexibility index (Phi) is 12.1. The van der Waals surface area contributed by atoms with Gasteiger partial charge >= 0.3 is 0 Å². The average molecular weight is 280 g/mol. The van der Waals surface area contributed by atoms with Gasteiger partial charge in [-0.25, -0.2) is 9.78 Å². The maximum atomic E-state index is 5.67. The minimum atomic E-state index is -0.242. The van der Waals surface area contributed by atoms with E-state index in [4.69, 9.17) is 13.9 Å². The van der Waals surface area contributed by atoms with Crippen molar-refractivity contribution in [3.8, 4) is 0 Å². The van der Waals surface area contributed by atoms with Crippen molar-refractivity contribution in [2.45, 2.75) is 25.8 Å². The van der Waals surface area contributed by atoms with Crippen molar-refractivity contribution >= 4 is 9.76 Å². The molecule has 1 aliphatic heterocycles. The molecule has 18 heavy (non-hydrogen) atoms. The van der Waals surface area contributed by atoms with E-state index in [1.807, 2.05) is 0 Å². The maximum absolute atomic E-state index is 5.67. The van der Waals surface area contributed by atoms with Gasteiger partial charge in [-0.05, 0) is 18.9 Å². The zero-order chi connectivity index (χ0) is 13.7. The van der Waals surface area contributed by atoms with Gasteiger partial charge in [-0.3, -0.25) is 0 Å². The lowest BCUT2D eigenvalue weighted by molar-refractivity contribution is -0.248. The average Bonchev–Trinajstić information content (AvgIpc) is 2.36. The molecule has 0 radical (unpaired) electrons. The van der Waals surface area contributed by atoms with Gasteiger partial charge in [-0.2, -0.15) is 0 Å². The molecular formula is C12H28O5Si. The minimum Gasteiger partial charge on any atom is -0.427 e. The molecule has 0 atom stereocenters. The van der Waals surface area contributed by atoms with Crippen LogP contribution in [0.3, 0.4) is 0 Å². The fourth-order valence-corrected chi connectivity index (χ4v) is 2.22. The van der Waals surface area contributed by atoms with E-state index >= 15 is 0 Å². The monoisotopic (exact) mass is 280 g/mol. The Morgan fingerprint density at radius 2 is 1.83 bits per heavy atom. The summed E-state index contributed by atoms with van der Waals surface area (Å²) in [4.78, 5) is 8.08. The summed E-state index contributed by atoms with van der Waals surface area (Å²) in [7, 11) is 4.47. The third kappa shape index (κ3) is 8.18. The molecule has 0 unspecified atom stereocenters. The summed E-state index contributed by atoms with van der Waals surface area (Å²) in [6.07, 6.45) is 2.32. The molecule has 5 nitrogen and oxygen atoms in total. The van der Waals surface area contributed by atoms with Crippen LogP contribution in [0.1, 0.15) is 19.8 Å². The lowest BCUT2D eigenvalue weighted by atomic mass is 9.84. The molecule has 0 amide bonds. The molecule has 0 saturated carbocycles. The zero-order valence-electron chi connectivity index (χ0n) is 12.2. The highest BCUT2D eigenvalue weighted by atomic mass is 28.2. The Labute approximate surface area is 113 Å². The normalized spacial score (nSPS) is 17.3. The van der Waals surface area contributed by atoms with E-state index in [1.165, 1.54) is 26.7 Å². The predicted octanol–water partition coefficient (Wildman–Crippen LogP) is 1.16. The van der Waals surface area contributed by atoms with Crippen LogP contribution in [0.5, 0.6) is 0 Å². The van der Waals surface area contributed by atoms with Crippen LogP contribution in [0.2, 0.25) is 6.04 Å². The van der Waals surface area contributed by atoms with E-state index in [9.17, 15) is 0 Å². The molecule has 0 bridgehead atoms. The predicted molar refractivity (Wildman–Crippen MR) is 73.4 cm³/mol. The Morgan fingerprint density at radius 3 is 2.22 bits per heavy atom. The van der Waals surface area contributed by atoms with Crippen LogP contribution in [0.25, 0.3) is 0 Å². The standard InChI is InChI=1S/C10H22O3Si.C2H6O2/c1-3-10(8-13-9-10)7-12-5-4-6-14-11-2;1-3-4-2/h3-9,14H2,1-2H3;1-2H3. The quantitative estimate of drug-likeness (QED) is 0.274. The molecule has 0 aromatic heterocycles. The molecular weight excluding hydrogens is 252 g/mol. The lowest BCUT2D eigenvalue weighted by Gasteiger charge is -2.40. The Morgan fingerprint density at radius 1 is 1.17 bits per heavy atom. The molecule has 6 heteroatoms. The summed E-state index contributed by atoms with van der Waals surface area (Å²) in [5.74, 6) is 0. The fourth-order valence-electron chi connectivity index (χ4n) is 1.52. The van der Waals surface area contributed by atoms with Gasteiger partial charge in [0, 0.05) is 19.1 Å². The van der Waals surface area contributed by atoms with E-state index in [0.29, 0.717) is 5.41 Å². The van der Waals surface area contributed by atoms with Gasteiger partial charge in [-0.15, -0.1) is 0 Å². The molecule has 0 aliphatic carbocycles. The molecule has 0 N–H and O–H groups in total. The zero-order valence-corrected chi connectivity index (χ0v) is 13.6. The second-order valence-corrected chi connectivity index (χ2v) is 6.12. The lowest BCUT2D eigenvalue weighted by Crippen LogP contribution is -2.45. The summed E-state index contributed by atoms with van der Waals surface area (Å²) in [5, 5.41) is 0. The molecule has 1 aliphatic rings. The second-order valence-electron chi connectivity index (χ2n) is 4.43. The molecule has 1 heterocycles. The van der Waals surface area contributed by atoms with E-state index in [-0.39, 0.29) is 9.76 Å². The van der Waals surface area contributed by atoms with Crippen molar-refractivity contribution in [3.63, 3.8) is 0 Å². The van der Waals surface area contributed by atoms with Gasteiger partial charge in [0.25, 0.3) is 0 Å². The first-order chi connectivity index (χ1) is 8.74. The first-order valence-corrected chi connectivity index (χ1v) is 8.03. The third-order valence-corrected chi connectivity index (χ3v) is 4.23. The van der Waals surface area contributed by atoms with Crippen LogP contribution in [-0.2, 0) is 23.7 Å². The smallest absolute Gasteiger partial charge is 0.161 e. The van der Waals surface area contributed by atoms with Crippen molar-refractivity contribution in [2.75, 3.05) is 47.8 Å². The van der Waals surface area contributed by atoms with E-state index in [2.05, 4.69) is 16.7 Å². The number of ether oxygens (including phenoxy) is 2. The molecule has 0 aromatic rings. The number of hydrogen-bond donors (Lipinski definition) is 0. The van der Waals surface area contributed by atoms with Gasteiger partial charge < -0.3 is 13.9 Å². The summed E-state index contributed by atoms with van der Waals surface area (Å²) in [6.45, 7) is 5.74. The fraction of sp³-hybridized carbons (Fsp3) is 1.00. The number of hydrogen-bond acceptors (Lipinski definition) is 5. The van der Waals surface area contributed by atoms with Crippen LogP contribution in [-0.4, -0.2) is 57.5 Å². The first-order valence-electron chi connectivity index (χ1n) is 6.46. The van der Waals surface area contributed by atoms with Gasteiger partial charge in [0.05, 0.1) is 34.0 Å². The van der Waals surface area contributed by atoms with E-state index in [1.54, 1.807) is 7.11 Å². The van der Waals surface area contributed by atoms with Crippen LogP contribution < -0.4 is 0 Å². The van der Waals surface area contributed by atoms with E-state index in [0.717, 1.165) is 32.8 Å². The topological polar surface area (TPSA) is 46.2 Å². The summed E-state index contributed by atoms with van der Waals surface area (Å²) in [5.41, 5.74) is 0.346. The Balaban J connectivity index is 0.000000631. The maximum Gasteiger partial charge on any atom is 0.161 e. The molecule has 0 aromatic carbocycles. The van der Waals surface area contributed by atoms with Crippen LogP contribution >= 0.6 is 0 Å². The molecule has 1 rings (SSSR count). The van der Waals surface area contributed by atoms with Crippen molar-refractivity contribution in [1.29, 1.82) is 0 Å². The minimum absolute atomic E-state index is 0.242. The summed E-state index contributed by atoms with van der Waals surface area (Å²) in [6, 6.07) is 1.23. The third-order valence-electron chi connectivity index (χ3n) is 3.03. The Bertz CT molecular complexity index is 168. The van der Waals surface area contributed by atoms with Crippen molar-refractivity contribution in [2.24, 2.45) is 5.41 Å². The largest absolute Gasteiger partial charge is 0.427 e. The van der Waals surface area contributed by atoms with Crippen LogP contribution in [0.15, 0.2) is 0 Å². The number of rotatable bonds is 9. The molecule has 0 spiro atoms. The molecule has 1 fully saturated rings. The summed E-state index contributed by atoms with van der Waals surface area (Å²) >= 11 is 0. The Hall–Kier alpha value is 0.0169. The van der Waals surface area contributed by atoms with Crippen LogP contribution in [0, 0.1) is 5.41 Å². The highest BCUT2D eigenvalue weighted by Gasteiger charge is 2.36. The highest BCUT2D eigenvalue weighted by Crippen LogP contribution is 2.31. The highest BCUT2D eigenvalue weighted by molar-refractivity contribution is 6.26. The summed E-state index contributed by atoms with van der Waals surface area (Å²) < 4.78 is 16.0. The van der Waals surface area contributed by atoms with Gasteiger partial charge in [0.2, 0.25) is 0 Å². The molecule has 1 saturated heterocycles. The van der Waals surface area contributed by atoms with Crippen molar-refractivity contribution in [1.82, 2.24) is 0 Å². The van der Waals surface area contributed by atoms with Crippen molar-refractivity contribution in [3.05, 3.63) is 0 Å². The van der Waals surface area contributed by atoms with Gasteiger partial charge in [-0.1, -0.05) is 6.92 Å². The van der Waals surface area contributed by atoms with E-state index < -0.39 is 0 Å². The van der Waals surface area contributed by atoms with Gasteiger partial charge in [0.15, 0.2) is 9.76 Å². The van der Waals surface area contributed by atoms with Crippen LogP contribution in [0.4, 0.5) is 0 Å². The van der Waals surface area contributed by atoms with Gasteiger partial charge in [0.1, 0.15) is 0 Å². The first kappa shape index (κ1) is 18.0. The van der Waals surface area contributed by atoms with Crippen molar-refractivity contribution < 1.29 is 23.7 Å². The second kappa shape index (κ2) is 12.1.